The third kappa shape index (κ3) is 4.88. The smallest absolute Gasteiger partial charge is 0.243 e. The first-order valence-corrected chi connectivity index (χ1v) is 11.4. The summed E-state index contributed by atoms with van der Waals surface area (Å²) in [5.74, 6) is -0.0568. The molecule has 1 aromatic carbocycles. The summed E-state index contributed by atoms with van der Waals surface area (Å²) in [6.45, 7) is 2.79. The molecule has 7 heteroatoms. The topological polar surface area (TPSA) is 66.5 Å². The van der Waals surface area contributed by atoms with Crippen LogP contribution < -0.4 is 5.32 Å². The van der Waals surface area contributed by atoms with Crippen molar-refractivity contribution < 1.29 is 17.6 Å². The van der Waals surface area contributed by atoms with E-state index in [0.29, 0.717) is 19.4 Å². The molecule has 1 N–H and O–H groups in total. The van der Waals surface area contributed by atoms with Crippen molar-refractivity contribution in [1.29, 1.82) is 0 Å². The Morgan fingerprint density at radius 2 is 1.81 bits per heavy atom. The van der Waals surface area contributed by atoms with Gasteiger partial charge in [0.15, 0.2) is 0 Å². The number of halogens is 1. The zero-order valence-electron chi connectivity index (χ0n) is 15.9. The highest BCUT2D eigenvalue weighted by Gasteiger charge is 2.34. The summed E-state index contributed by atoms with van der Waals surface area (Å²) in [6.07, 6.45) is 6.86. The van der Waals surface area contributed by atoms with Crippen LogP contribution in [0.5, 0.6) is 0 Å². The van der Waals surface area contributed by atoms with Crippen LogP contribution in [-0.2, 0) is 14.8 Å². The predicted octanol–water partition coefficient (Wildman–Crippen LogP) is 3.31. The number of carbonyl (C=O) groups is 1. The summed E-state index contributed by atoms with van der Waals surface area (Å²) in [4.78, 5) is 12.8. The fourth-order valence-corrected chi connectivity index (χ4v) is 5.69. The van der Waals surface area contributed by atoms with E-state index in [9.17, 15) is 17.6 Å². The van der Waals surface area contributed by atoms with E-state index in [2.05, 4.69) is 12.2 Å². The molecule has 0 radical (unpaired) electrons. The molecule has 1 saturated carbocycles. The largest absolute Gasteiger partial charge is 0.353 e. The van der Waals surface area contributed by atoms with Crippen LogP contribution in [0.15, 0.2) is 29.2 Å². The Morgan fingerprint density at radius 3 is 2.44 bits per heavy atom. The maximum absolute atomic E-state index is 13.1. The van der Waals surface area contributed by atoms with Crippen LogP contribution in [0.2, 0.25) is 0 Å². The van der Waals surface area contributed by atoms with Gasteiger partial charge in [0, 0.05) is 19.1 Å². The van der Waals surface area contributed by atoms with Gasteiger partial charge in [0.25, 0.3) is 0 Å². The van der Waals surface area contributed by atoms with Crippen molar-refractivity contribution in [3.8, 4) is 0 Å². The Kier molecular flexibility index (Phi) is 6.52. The minimum Gasteiger partial charge on any atom is -0.353 e. The predicted molar refractivity (Wildman–Crippen MR) is 102 cm³/mol. The van der Waals surface area contributed by atoms with E-state index < -0.39 is 15.8 Å². The summed E-state index contributed by atoms with van der Waals surface area (Å²) in [6, 6.07) is 5.06. The normalized spacial score (nSPS) is 27.3. The summed E-state index contributed by atoms with van der Waals surface area (Å²) in [5, 5.41) is 3.14. The van der Waals surface area contributed by atoms with E-state index in [-0.39, 0.29) is 29.3 Å². The molecule has 150 valence electrons. The molecule has 1 saturated heterocycles. The highest BCUT2D eigenvalue weighted by Crippen LogP contribution is 2.28. The standard InChI is InChI=1S/C20H29FN2O3S/c1-2-15-5-9-18(10-6-15)22-20(24)16-4-3-13-23(14-16)27(25,26)19-11-7-17(21)8-12-19/h7-8,11-12,15-16,18H,2-6,9-10,13-14H2,1H3,(H,22,24). The molecule has 3 rings (SSSR count). The number of hydrogen-bond donors (Lipinski definition) is 1. The minimum absolute atomic E-state index is 0.0334. The van der Waals surface area contributed by atoms with Gasteiger partial charge in [0.2, 0.25) is 15.9 Å². The summed E-state index contributed by atoms with van der Waals surface area (Å²) < 4.78 is 40.1. The molecule has 0 aromatic heterocycles. The highest BCUT2D eigenvalue weighted by molar-refractivity contribution is 7.89. The fourth-order valence-electron chi connectivity index (χ4n) is 4.16. The zero-order chi connectivity index (χ0) is 19.4. The Bertz CT molecular complexity index is 743. The highest BCUT2D eigenvalue weighted by atomic mass is 32.2. The average Bonchev–Trinajstić information content (AvgIpc) is 2.69. The van der Waals surface area contributed by atoms with Gasteiger partial charge in [-0.15, -0.1) is 0 Å². The summed E-state index contributed by atoms with van der Waals surface area (Å²) in [7, 11) is -3.70. The number of nitrogens with zero attached hydrogens (tertiary/aromatic N) is 1. The second kappa shape index (κ2) is 8.69. The maximum Gasteiger partial charge on any atom is 0.243 e. The van der Waals surface area contributed by atoms with Gasteiger partial charge in [-0.2, -0.15) is 4.31 Å². The molecule has 5 nitrogen and oxygen atoms in total. The van der Waals surface area contributed by atoms with Gasteiger partial charge in [-0.1, -0.05) is 13.3 Å². The second-order valence-electron chi connectivity index (χ2n) is 7.79. The summed E-state index contributed by atoms with van der Waals surface area (Å²) in [5.41, 5.74) is 0. The minimum atomic E-state index is -3.70. The van der Waals surface area contributed by atoms with Gasteiger partial charge >= 0.3 is 0 Å². The molecule has 2 aliphatic rings. The van der Waals surface area contributed by atoms with Gasteiger partial charge < -0.3 is 5.32 Å². The number of rotatable bonds is 5. The van der Waals surface area contributed by atoms with Crippen molar-refractivity contribution in [3.05, 3.63) is 30.1 Å². The molecule has 1 atom stereocenters. The molecule has 2 fully saturated rings. The first-order valence-electron chi connectivity index (χ1n) is 9.96. The molecule has 0 bridgehead atoms. The SMILES string of the molecule is CCC1CCC(NC(=O)C2CCCN(S(=O)(=O)c3ccc(F)cc3)C2)CC1. The monoisotopic (exact) mass is 396 g/mol. The number of nitrogens with one attached hydrogen (secondary N) is 1. The van der Waals surface area contributed by atoms with E-state index in [4.69, 9.17) is 0 Å². The molecule has 1 aliphatic heterocycles. The molecule has 1 aliphatic carbocycles. The van der Waals surface area contributed by atoms with Gasteiger partial charge in [0.05, 0.1) is 10.8 Å². The number of piperidine rings is 1. The van der Waals surface area contributed by atoms with E-state index >= 15 is 0 Å². The molecular formula is C20H29FN2O3S. The van der Waals surface area contributed by atoms with Crippen LogP contribution in [0.3, 0.4) is 0 Å². The van der Waals surface area contributed by atoms with Crippen LogP contribution >= 0.6 is 0 Å². The zero-order valence-corrected chi connectivity index (χ0v) is 16.7. The molecule has 1 unspecified atom stereocenters. The van der Waals surface area contributed by atoms with Crippen molar-refractivity contribution >= 4 is 15.9 Å². The van der Waals surface area contributed by atoms with E-state index in [1.54, 1.807) is 0 Å². The lowest BCUT2D eigenvalue weighted by atomic mass is 9.84. The van der Waals surface area contributed by atoms with Crippen molar-refractivity contribution in [3.63, 3.8) is 0 Å². The van der Waals surface area contributed by atoms with Crippen molar-refractivity contribution in [2.75, 3.05) is 13.1 Å². The second-order valence-corrected chi connectivity index (χ2v) is 9.73. The number of amides is 1. The van der Waals surface area contributed by atoms with Crippen LogP contribution in [0, 0.1) is 17.7 Å². The van der Waals surface area contributed by atoms with E-state index in [1.165, 1.54) is 22.9 Å². The lowest BCUT2D eigenvalue weighted by Crippen LogP contribution is -2.48. The van der Waals surface area contributed by atoms with E-state index in [0.717, 1.165) is 43.7 Å². The first kappa shape index (κ1) is 20.3. The lowest BCUT2D eigenvalue weighted by molar-refractivity contribution is -0.127. The number of benzene rings is 1. The van der Waals surface area contributed by atoms with Gasteiger partial charge in [-0.05, 0) is 68.7 Å². The molecular weight excluding hydrogens is 367 g/mol. The van der Waals surface area contributed by atoms with E-state index in [1.807, 2.05) is 0 Å². The Labute approximate surface area is 161 Å². The Morgan fingerprint density at radius 1 is 1.15 bits per heavy atom. The lowest BCUT2D eigenvalue weighted by Gasteiger charge is -2.33. The number of hydrogen-bond acceptors (Lipinski definition) is 3. The number of sulfonamides is 1. The summed E-state index contributed by atoms with van der Waals surface area (Å²) >= 11 is 0. The third-order valence-corrected chi connectivity index (χ3v) is 7.86. The van der Waals surface area contributed by atoms with Crippen LogP contribution in [0.1, 0.15) is 51.9 Å². The van der Waals surface area contributed by atoms with Gasteiger partial charge in [-0.3, -0.25) is 4.79 Å². The van der Waals surface area contributed by atoms with Crippen LogP contribution in [-0.4, -0.2) is 37.8 Å². The van der Waals surface area contributed by atoms with Crippen molar-refractivity contribution in [1.82, 2.24) is 9.62 Å². The quantitative estimate of drug-likeness (QED) is 0.830. The van der Waals surface area contributed by atoms with Crippen molar-refractivity contribution in [2.45, 2.75) is 62.8 Å². The van der Waals surface area contributed by atoms with Gasteiger partial charge in [0.1, 0.15) is 5.82 Å². The number of carbonyl (C=O) groups excluding carboxylic acids is 1. The van der Waals surface area contributed by atoms with Crippen molar-refractivity contribution in [2.24, 2.45) is 11.8 Å². The Hall–Kier alpha value is -1.47. The molecule has 0 spiro atoms. The van der Waals surface area contributed by atoms with Crippen LogP contribution in [0.25, 0.3) is 0 Å². The van der Waals surface area contributed by atoms with Crippen LogP contribution in [0.4, 0.5) is 4.39 Å². The maximum atomic E-state index is 13.1. The molecule has 1 amide bonds. The van der Waals surface area contributed by atoms with Gasteiger partial charge in [-0.25, -0.2) is 12.8 Å². The first-order chi connectivity index (χ1) is 12.9. The molecule has 1 heterocycles. The fraction of sp³-hybridized carbons (Fsp3) is 0.650. The molecule has 1 aromatic rings. The third-order valence-electron chi connectivity index (χ3n) is 5.98. The average molecular weight is 397 g/mol. The Balaban J connectivity index is 1.60. The molecule has 27 heavy (non-hydrogen) atoms.